The highest BCUT2D eigenvalue weighted by Crippen LogP contribution is 2.16. The average molecular weight is 248 g/mol. The topological polar surface area (TPSA) is 90.1 Å². The van der Waals surface area contributed by atoms with Gasteiger partial charge in [0.2, 0.25) is 0 Å². The fourth-order valence-corrected chi connectivity index (χ4v) is 1.47. The molecule has 94 valence electrons. The van der Waals surface area contributed by atoms with Gasteiger partial charge in [-0.1, -0.05) is 0 Å². The zero-order valence-electron chi connectivity index (χ0n) is 9.78. The zero-order valence-corrected chi connectivity index (χ0v) is 9.78. The first-order valence-corrected chi connectivity index (χ1v) is 5.40. The molecule has 2 heterocycles. The van der Waals surface area contributed by atoms with Crippen LogP contribution in [0.2, 0.25) is 0 Å². The number of hydrogen-bond donors (Lipinski definition) is 1. The Morgan fingerprint density at radius 1 is 1.50 bits per heavy atom. The van der Waals surface area contributed by atoms with Crippen LogP contribution in [0, 0.1) is 0 Å². The summed E-state index contributed by atoms with van der Waals surface area (Å²) in [6.07, 6.45) is 2.84. The number of carbonyl (C=O) groups is 1. The van der Waals surface area contributed by atoms with E-state index in [1.807, 2.05) is 6.92 Å². The van der Waals surface area contributed by atoms with Crippen molar-refractivity contribution in [3.8, 4) is 5.75 Å². The van der Waals surface area contributed by atoms with Gasteiger partial charge in [-0.25, -0.2) is 19.4 Å². The summed E-state index contributed by atoms with van der Waals surface area (Å²) < 4.78 is 7.10. The summed E-state index contributed by atoms with van der Waals surface area (Å²) in [7, 11) is 0. The molecular weight excluding hydrogens is 236 g/mol. The number of nitrogens with zero attached hydrogens (tertiary/aromatic N) is 4. The van der Waals surface area contributed by atoms with E-state index in [9.17, 15) is 4.79 Å². The van der Waals surface area contributed by atoms with Gasteiger partial charge in [0.25, 0.3) is 0 Å². The predicted octanol–water partition coefficient (Wildman–Crippen LogP) is 0.970. The summed E-state index contributed by atoms with van der Waals surface area (Å²) in [5.41, 5.74) is -0.111. The van der Waals surface area contributed by atoms with E-state index in [-0.39, 0.29) is 18.1 Å². The van der Waals surface area contributed by atoms with E-state index in [1.165, 1.54) is 12.5 Å². The number of rotatable bonds is 5. The van der Waals surface area contributed by atoms with Gasteiger partial charge in [-0.15, -0.1) is 0 Å². The lowest BCUT2D eigenvalue weighted by atomic mass is 10.3. The number of aryl methyl sites for hydroxylation is 1. The van der Waals surface area contributed by atoms with Crippen molar-refractivity contribution < 1.29 is 14.6 Å². The monoisotopic (exact) mass is 248 g/mol. The summed E-state index contributed by atoms with van der Waals surface area (Å²) in [4.78, 5) is 18.7. The Kier molecular flexibility index (Phi) is 3.52. The number of aromatic nitrogens is 4. The smallest absolute Gasteiger partial charge is 0.358 e. The first-order chi connectivity index (χ1) is 8.72. The highest BCUT2D eigenvalue weighted by atomic mass is 16.5. The molecule has 0 aliphatic heterocycles. The largest absolute Gasteiger partial charge is 0.483 e. The third-order valence-electron chi connectivity index (χ3n) is 2.33. The van der Waals surface area contributed by atoms with Crippen molar-refractivity contribution >= 4 is 5.97 Å². The fraction of sp³-hybridized carbons (Fsp3) is 0.273. The molecule has 0 aliphatic rings. The van der Waals surface area contributed by atoms with Crippen LogP contribution in [0.4, 0.5) is 0 Å². The molecular formula is C11H12N4O3. The Morgan fingerprint density at radius 2 is 2.33 bits per heavy atom. The highest BCUT2D eigenvalue weighted by Gasteiger charge is 2.13. The van der Waals surface area contributed by atoms with Gasteiger partial charge < -0.3 is 9.84 Å². The molecule has 0 saturated carbocycles. The van der Waals surface area contributed by atoms with E-state index in [1.54, 1.807) is 16.8 Å². The number of hydrogen-bond acceptors (Lipinski definition) is 5. The van der Waals surface area contributed by atoms with Crippen molar-refractivity contribution in [1.82, 2.24) is 19.7 Å². The van der Waals surface area contributed by atoms with Crippen molar-refractivity contribution in [2.75, 3.05) is 0 Å². The van der Waals surface area contributed by atoms with Crippen LogP contribution in [-0.2, 0) is 13.2 Å². The first-order valence-electron chi connectivity index (χ1n) is 5.40. The molecule has 7 heteroatoms. The van der Waals surface area contributed by atoms with Gasteiger partial charge in [-0.2, -0.15) is 5.10 Å². The lowest BCUT2D eigenvalue weighted by Crippen LogP contribution is -2.10. The van der Waals surface area contributed by atoms with E-state index >= 15 is 0 Å². The molecule has 0 radical (unpaired) electrons. The van der Waals surface area contributed by atoms with Crippen LogP contribution in [-0.4, -0.2) is 30.8 Å². The normalized spacial score (nSPS) is 10.3. The Morgan fingerprint density at radius 3 is 3.06 bits per heavy atom. The molecule has 2 aromatic rings. The molecule has 0 bridgehead atoms. The average Bonchev–Trinajstić information content (AvgIpc) is 2.84. The molecule has 2 rings (SSSR count). The molecule has 1 N–H and O–H groups in total. The molecule has 0 unspecified atom stereocenters. The van der Waals surface area contributed by atoms with Crippen molar-refractivity contribution in [1.29, 1.82) is 0 Å². The Labute approximate surface area is 103 Å². The van der Waals surface area contributed by atoms with Crippen LogP contribution in [0.15, 0.2) is 24.7 Å². The van der Waals surface area contributed by atoms with Crippen molar-refractivity contribution in [2.24, 2.45) is 0 Å². The van der Waals surface area contributed by atoms with E-state index in [0.717, 1.165) is 0 Å². The maximum atomic E-state index is 10.9. The standard InChI is InChI=1S/C11H12N4O3/c1-2-15-9(13-7-14-15)6-18-8-4-3-5-12-10(8)11(16)17/h3-5,7H,2,6H2,1H3,(H,16,17). The molecule has 0 amide bonds. The molecule has 18 heavy (non-hydrogen) atoms. The van der Waals surface area contributed by atoms with Crippen molar-refractivity contribution in [2.45, 2.75) is 20.1 Å². The van der Waals surface area contributed by atoms with Crippen LogP contribution in [0.5, 0.6) is 5.75 Å². The van der Waals surface area contributed by atoms with Gasteiger partial charge in [0.05, 0.1) is 0 Å². The number of ether oxygens (including phenoxy) is 1. The first kappa shape index (κ1) is 12.0. The van der Waals surface area contributed by atoms with E-state index in [0.29, 0.717) is 12.4 Å². The van der Waals surface area contributed by atoms with Crippen molar-refractivity contribution in [3.05, 3.63) is 36.2 Å². The zero-order chi connectivity index (χ0) is 13.0. The second-order valence-corrected chi connectivity index (χ2v) is 3.44. The van der Waals surface area contributed by atoms with Gasteiger partial charge >= 0.3 is 5.97 Å². The SMILES string of the molecule is CCn1ncnc1COc1cccnc1C(=O)O. The number of pyridine rings is 1. The molecule has 0 spiro atoms. The van der Waals surface area contributed by atoms with Gasteiger partial charge in [0.1, 0.15) is 12.9 Å². The maximum Gasteiger partial charge on any atom is 0.358 e. The maximum absolute atomic E-state index is 10.9. The molecule has 2 aromatic heterocycles. The quantitative estimate of drug-likeness (QED) is 0.847. The fourth-order valence-electron chi connectivity index (χ4n) is 1.47. The van der Waals surface area contributed by atoms with Gasteiger partial charge in [0.15, 0.2) is 17.3 Å². The Balaban J connectivity index is 2.13. The summed E-state index contributed by atoms with van der Waals surface area (Å²) >= 11 is 0. The lowest BCUT2D eigenvalue weighted by molar-refractivity contribution is 0.0684. The van der Waals surface area contributed by atoms with E-state index < -0.39 is 5.97 Å². The highest BCUT2D eigenvalue weighted by molar-refractivity contribution is 5.88. The molecule has 0 atom stereocenters. The number of carboxylic acid groups (broad SMARTS) is 1. The summed E-state index contributed by atoms with van der Waals surface area (Å²) in [5, 5.41) is 12.9. The van der Waals surface area contributed by atoms with Crippen LogP contribution in [0.25, 0.3) is 0 Å². The van der Waals surface area contributed by atoms with E-state index in [4.69, 9.17) is 9.84 Å². The molecule has 0 saturated heterocycles. The van der Waals surface area contributed by atoms with Crippen LogP contribution >= 0.6 is 0 Å². The van der Waals surface area contributed by atoms with Gasteiger partial charge in [-0.05, 0) is 19.1 Å². The summed E-state index contributed by atoms with van der Waals surface area (Å²) in [5.74, 6) is -0.268. The third kappa shape index (κ3) is 2.45. The molecule has 0 aromatic carbocycles. The third-order valence-corrected chi connectivity index (χ3v) is 2.33. The Hall–Kier alpha value is -2.44. The summed E-state index contributed by atoms with van der Waals surface area (Å²) in [6.45, 7) is 2.77. The minimum atomic E-state index is -1.12. The minimum absolute atomic E-state index is 0.111. The Bertz CT molecular complexity index is 553. The van der Waals surface area contributed by atoms with E-state index in [2.05, 4.69) is 15.1 Å². The van der Waals surface area contributed by atoms with Crippen molar-refractivity contribution in [3.63, 3.8) is 0 Å². The number of aromatic carboxylic acids is 1. The van der Waals surface area contributed by atoms with Crippen LogP contribution < -0.4 is 4.74 Å². The van der Waals surface area contributed by atoms with Crippen LogP contribution in [0.1, 0.15) is 23.2 Å². The summed E-state index contributed by atoms with van der Waals surface area (Å²) in [6, 6.07) is 3.18. The second-order valence-electron chi connectivity index (χ2n) is 3.44. The van der Waals surface area contributed by atoms with Crippen LogP contribution in [0.3, 0.4) is 0 Å². The molecule has 7 nitrogen and oxygen atoms in total. The predicted molar refractivity (Wildman–Crippen MR) is 61.2 cm³/mol. The minimum Gasteiger partial charge on any atom is -0.483 e. The van der Waals surface area contributed by atoms with Gasteiger partial charge in [0, 0.05) is 12.7 Å². The second kappa shape index (κ2) is 5.26. The molecule has 0 aliphatic carbocycles. The number of carboxylic acids is 1. The molecule has 0 fully saturated rings. The lowest BCUT2D eigenvalue weighted by Gasteiger charge is -2.08. The van der Waals surface area contributed by atoms with Gasteiger partial charge in [-0.3, -0.25) is 0 Å².